The molecule has 2 heterocycles. The maximum Gasteiger partial charge on any atom is 0.191 e. The van der Waals surface area contributed by atoms with Gasteiger partial charge < -0.3 is 20.1 Å². The van der Waals surface area contributed by atoms with Gasteiger partial charge in [-0.2, -0.15) is 0 Å². The van der Waals surface area contributed by atoms with Crippen molar-refractivity contribution < 1.29 is 0 Å². The molecule has 1 saturated heterocycles. The molecule has 7 heteroatoms. The van der Waals surface area contributed by atoms with Gasteiger partial charge in [0, 0.05) is 51.7 Å². The Bertz CT molecular complexity index is 772. The molecule has 0 aliphatic carbocycles. The molecule has 1 atom stereocenters. The number of para-hydroxylation sites is 1. The minimum absolute atomic E-state index is 0.366. The van der Waals surface area contributed by atoms with E-state index >= 15 is 0 Å². The van der Waals surface area contributed by atoms with Crippen LogP contribution >= 0.6 is 11.6 Å². The van der Waals surface area contributed by atoms with Crippen molar-refractivity contribution in [3.05, 3.63) is 47.5 Å². The summed E-state index contributed by atoms with van der Waals surface area (Å²) in [5.74, 6) is 1.95. The lowest BCUT2D eigenvalue weighted by Gasteiger charge is -2.35. The molecule has 1 aromatic heterocycles. The Morgan fingerprint density at radius 3 is 2.93 bits per heavy atom. The van der Waals surface area contributed by atoms with Crippen LogP contribution in [0.25, 0.3) is 0 Å². The van der Waals surface area contributed by atoms with Crippen LogP contribution in [-0.2, 0) is 6.54 Å². The third-order valence-corrected chi connectivity index (χ3v) is 5.54. The summed E-state index contributed by atoms with van der Waals surface area (Å²) < 4.78 is 2.19. The van der Waals surface area contributed by atoms with Gasteiger partial charge in [0.1, 0.15) is 5.82 Å². The van der Waals surface area contributed by atoms with E-state index in [0.717, 1.165) is 74.4 Å². The first-order valence-electron chi connectivity index (χ1n) is 10.1. The fourth-order valence-corrected chi connectivity index (χ4v) is 3.92. The molecular weight excluding hydrogens is 372 g/mol. The van der Waals surface area contributed by atoms with E-state index in [1.807, 2.05) is 44.6 Å². The predicted molar refractivity (Wildman–Crippen MR) is 117 cm³/mol. The van der Waals surface area contributed by atoms with E-state index in [2.05, 4.69) is 36.1 Å². The van der Waals surface area contributed by atoms with E-state index in [0.29, 0.717) is 6.04 Å². The Morgan fingerprint density at radius 2 is 2.18 bits per heavy atom. The maximum absolute atomic E-state index is 6.38. The minimum Gasteiger partial charge on any atom is -0.368 e. The molecule has 1 fully saturated rings. The highest BCUT2D eigenvalue weighted by molar-refractivity contribution is 6.33. The topological polar surface area (TPSA) is 57.5 Å². The van der Waals surface area contributed by atoms with Crippen LogP contribution in [0.5, 0.6) is 0 Å². The van der Waals surface area contributed by atoms with E-state index in [4.69, 9.17) is 11.6 Å². The molecule has 2 N–H and O–H groups in total. The number of aryl methyl sites for hydroxylation is 2. The van der Waals surface area contributed by atoms with Crippen molar-refractivity contribution in [1.29, 1.82) is 0 Å². The van der Waals surface area contributed by atoms with Crippen molar-refractivity contribution in [1.82, 2.24) is 20.2 Å². The lowest BCUT2D eigenvalue weighted by atomic mass is 10.0. The van der Waals surface area contributed by atoms with Crippen LogP contribution in [-0.4, -0.2) is 48.2 Å². The number of imidazole rings is 1. The van der Waals surface area contributed by atoms with E-state index in [-0.39, 0.29) is 0 Å². The van der Waals surface area contributed by atoms with Crippen LogP contribution < -0.4 is 15.5 Å². The van der Waals surface area contributed by atoms with Crippen LogP contribution in [0.2, 0.25) is 5.02 Å². The summed E-state index contributed by atoms with van der Waals surface area (Å²) in [6.07, 6.45) is 8.39. The van der Waals surface area contributed by atoms with Gasteiger partial charge in [-0.1, -0.05) is 23.7 Å². The molecule has 3 rings (SSSR count). The van der Waals surface area contributed by atoms with Gasteiger partial charge in [0.2, 0.25) is 0 Å². The molecule has 0 radical (unpaired) electrons. The molecule has 0 saturated carbocycles. The third-order valence-electron chi connectivity index (χ3n) is 5.22. The van der Waals surface area contributed by atoms with Gasteiger partial charge in [0.15, 0.2) is 5.96 Å². The minimum atomic E-state index is 0.366. The van der Waals surface area contributed by atoms with Gasteiger partial charge in [-0.3, -0.25) is 4.99 Å². The van der Waals surface area contributed by atoms with E-state index in [9.17, 15) is 0 Å². The van der Waals surface area contributed by atoms with Crippen LogP contribution in [0, 0.1) is 6.92 Å². The number of aliphatic imine (C=N–C) groups is 1. The van der Waals surface area contributed by atoms with E-state index in [1.54, 1.807) is 0 Å². The number of anilines is 1. The van der Waals surface area contributed by atoms with E-state index in [1.165, 1.54) is 0 Å². The molecule has 1 unspecified atom stereocenters. The molecule has 1 aliphatic heterocycles. The number of halogens is 1. The number of aromatic nitrogens is 2. The molecule has 1 aliphatic rings. The molecule has 0 bridgehead atoms. The van der Waals surface area contributed by atoms with Gasteiger partial charge in [0.05, 0.1) is 10.7 Å². The number of benzene rings is 1. The summed E-state index contributed by atoms with van der Waals surface area (Å²) in [6, 6.07) is 8.44. The molecule has 28 heavy (non-hydrogen) atoms. The zero-order chi connectivity index (χ0) is 19.8. The lowest BCUT2D eigenvalue weighted by molar-refractivity contribution is 0.467. The number of hydrogen-bond acceptors (Lipinski definition) is 3. The van der Waals surface area contributed by atoms with Crippen molar-refractivity contribution in [2.24, 2.45) is 4.99 Å². The number of nitrogens with zero attached hydrogens (tertiary/aromatic N) is 4. The van der Waals surface area contributed by atoms with Crippen molar-refractivity contribution in [2.45, 2.75) is 45.2 Å². The van der Waals surface area contributed by atoms with Gasteiger partial charge in [-0.25, -0.2) is 4.98 Å². The second kappa shape index (κ2) is 10.4. The molecule has 1 aromatic carbocycles. The molecular formula is C21H31ClN6. The van der Waals surface area contributed by atoms with Crippen molar-refractivity contribution in [2.75, 3.05) is 31.6 Å². The third kappa shape index (κ3) is 5.64. The first-order valence-corrected chi connectivity index (χ1v) is 10.5. The Balaban J connectivity index is 1.41. The smallest absolute Gasteiger partial charge is 0.191 e. The summed E-state index contributed by atoms with van der Waals surface area (Å²) in [5, 5.41) is 7.84. The zero-order valence-electron chi connectivity index (χ0n) is 16.9. The average molecular weight is 403 g/mol. The maximum atomic E-state index is 6.38. The Hall–Kier alpha value is -2.21. The summed E-state index contributed by atoms with van der Waals surface area (Å²) in [7, 11) is 1.83. The number of hydrogen-bond donors (Lipinski definition) is 2. The molecule has 6 nitrogen and oxygen atoms in total. The standard InChI is InChI=1S/C21H31ClN6/c1-17-24-12-15-27(17)13-6-5-11-25-21(23-2)26-18-8-7-14-28(16-18)20-10-4-3-9-19(20)22/h3-4,9-10,12,15,18H,5-8,11,13-14,16H2,1-2H3,(H2,23,25,26). The van der Waals surface area contributed by atoms with Crippen molar-refractivity contribution in [3.63, 3.8) is 0 Å². The Kier molecular flexibility index (Phi) is 7.60. The molecule has 152 valence electrons. The van der Waals surface area contributed by atoms with Crippen molar-refractivity contribution in [3.8, 4) is 0 Å². The highest BCUT2D eigenvalue weighted by Crippen LogP contribution is 2.27. The summed E-state index contributed by atoms with van der Waals surface area (Å²) in [6.45, 7) is 5.94. The molecule has 2 aromatic rings. The number of unbranched alkanes of at least 4 members (excludes halogenated alkanes) is 1. The Labute approximate surface area is 173 Å². The SMILES string of the molecule is CN=C(NCCCCn1ccnc1C)NC1CCCN(c2ccccc2Cl)C1. The van der Waals surface area contributed by atoms with E-state index < -0.39 is 0 Å². The Morgan fingerprint density at radius 1 is 1.32 bits per heavy atom. The molecule has 0 amide bonds. The normalized spacial score (nSPS) is 17.6. The molecule has 0 spiro atoms. The summed E-state index contributed by atoms with van der Waals surface area (Å²) in [4.78, 5) is 11.0. The highest BCUT2D eigenvalue weighted by Gasteiger charge is 2.22. The summed E-state index contributed by atoms with van der Waals surface area (Å²) >= 11 is 6.38. The monoisotopic (exact) mass is 402 g/mol. The fourth-order valence-electron chi connectivity index (χ4n) is 3.66. The van der Waals surface area contributed by atoms with Crippen LogP contribution in [0.4, 0.5) is 5.69 Å². The number of rotatable bonds is 7. The largest absolute Gasteiger partial charge is 0.368 e. The van der Waals surface area contributed by atoms with Gasteiger partial charge in [-0.05, 0) is 44.7 Å². The van der Waals surface area contributed by atoms with Gasteiger partial charge >= 0.3 is 0 Å². The van der Waals surface area contributed by atoms with Crippen LogP contribution in [0.1, 0.15) is 31.5 Å². The second-order valence-corrected chi connectivity index (χ2v) is 7.66. The van der Waals surface area contributed by atoms with Gasteiger partial charge in [0.25, 0.3) is 0 Å². The first-order chi connectivity index (χ1) is 13.7. The first kappa shape index (κ1) is 20.5. The number of guanidine groups is 1. The zero-order valence-corrected chi connectivity index (χ0v) is 17.6. The fraction of sp³-hybridized carbons (Fsp3) is 0.524. The second-order valence-electron chi connectivity index (χ2n) is 7.25. The van der Waals surface area contributed by atoms with Crippen LogP contribution in [0.3, 0.4) is 0 Å². The lowest BCUT2D eigenvalue weighted by Crippen LogP contribution is -2.51. The number of nitrogens with one attached hydrogen (secondary N) is 2. The van der Waals surface area contributed by atoms with Gasteiger partial charge in [-0.15, -0.1) is 0 Å². The highest BCUT2D eigenvalue weighted by atomic mass is 35.5. The quantitative estimate of drug-likeness (QED) is 0.423. The van der Waals surface area contributed by atoms with Crippen LogP contribution in [0.15, 0.2) is 41.7 Å². The average Bonchev–Trinajstić information content (AvgIpc) is 3.12. The van der Waals surface area contributed by atoms with Crippen molar-refractivity contribution >= 4 is 23.2 Å². The summed E-state index contributed by atoms with van der Waals surface area (Å²) in [5.41, 5.74) is 1.12. The predicted octanol–water partition coefficient (Wildman–Crippen LogP) is 3.46. The number of piperidine rings is 1.